The average Bonchev–Trinajstić information content (AvgIpc) is 2.33. The summed E-state index contributed by atoms with van der Waals surface area (Å²) in [5.41, 5.74) is -6.34. The van der Waals surface area contributed by atoms with E-state index in [0.29, 0.717) is 18.2 Å². The quantitative estimate of drug-likeness (QED) is 0.666. The number of aliphatic carboxylic acids is 1. The van der Waals surface area contributed by atoms with Crippen molar-refractivity contribution in [3.8, 4) is 0 Å². The molecule has 0 bridgehead atoms. The lowest BCUT2D eigenvalue weighted by Crippen LogP contribution is -2.53. The number of alkyl halides is 6. The van der Waals surface area contributed by atoms with Crippen LogP contribution in [0.1, 0.15) is 11.1 Å². The fraction of sp³-hybridized carbons (Fsp3) is 0.250. The Hall–Kier alpha value is -2.03. The fourth-order valence-electron chi connectivity index (χ4n) is 1.49. The molecular formula is C12H8F6O3. The minimum absolute atomic E-state index is 0.0628. The van der Waals surface area contributed by atoms with E-state index in [1.165, 1.54) is 0 Å². The van der Waals surface area contributed by atoms with Gasteiger partial charge >= 0.3 is 18.3 Å². The summed E-state index contributed by atoms with van der Waals surface area (Å²) in [7, 11) is 0. The molecule has 0 radical (unpaired) electrons. The van der Waals surface area contributed by atoms with Gasteiger partial charge in [-0.2, -0.15) is 26.3 Å². The molecule has 1 rings (SSSR count). The molecule has 0 aliphatic rings. The summed E-state index contributed by atoms with van der Waals surface area (Å²) < 4.78 is 75.5. The highest BCUT2D eigenvalue weighted by atomic mass is 19.4. The van der Waals surface area contributed by atoms with Gasteiger partial charge in [-0.15, -0.1) is 0 Å². The van der Waals surface area contributed by atoms with Crippen molar-refractivity contribution in [1.82, 2.24) is 0 Å². The van der Waals surface area contributed by atoms with Crippen molar-refractivity contribution in [2.24, 2.45) is 0 Å². The average molecular weight is 314 g/mol. The Morgan fingerprint density at radius 2 is 1.38 bits per heavy atom. The maximum atomic E-state index is 12.6. The molecule has 1 aromatic carbocycles. The van der Waals surface area contributed by atoms with E-state index in [0.717, 1.165) is 18.2 Å². The molecule has 0 aliphatic heterocycles. The molecule has 116 valence electrons. The first kappa shape index (κ1) is 17.0. The highest BCUT2D eigenvalue weighted by Gasteiger charge is 2.71. The molecule has 0 fully saturated rings. The third kappa shape index (κ3) is 3.35. The Morgan fingerprint density at radius 1 is 0.952 bits per heavy atom. The summed E-state index contributed by atoms with van der Waals surface area (Å²) in [5, 5.41) is 17.5. The van der Waals surface area contributed by atoms with Crippen LogP contribution in [0.5, 0.6) is 0 Å². The third-order valence-electron chi connectivity index (χ3n) is 2.57. The summed E-state index contributed by atoms with van der Waals surface area (Å²) >= 11 is 0. The van der Waals surface area contributed by atoms with Crippen molar-refractivity contribution in [1.29, 1.82) is 0 Å². The van der Waals surface area contributed by atoms with Crippen molar-refractivity contribution in [3.63, 3.8) is 0 Å². The molecule has 0 aliphatic carbocycles. The molecule has 0 unspecified atom stereocenters. The van der Waals surface area contributed by atoms with Crippen molar-refractivity contribution in [2.75, 3.05) is 0 Å². The van der Waals surface area contributed by atoms with E-state index >= 15 is 0 Å². The standard InChI is InChI=1S/C12H8F6O3/c13-11(14,15)10(21,12(16,17)18)8-4-1-7(2-5-8)3-6-9(19)20/h1-6,21H,(H,19,20)/b6-3+. The normalized spacial score (nSPS) is 13.7. The smallest absolute Gasteiger partial charge is 0.430 e. The van der Waals surface area contributed by atoms with Gasteiger partial charge in [0.1, 0.15) is 0 Å². The third-order valence-corrected chi connectivity index (χ3v) is 2.57. The zero-order chi connectivity index (χ0) is 16.5. The minimum Gasteiger partial charge on any atom is -0.478 e. The van der Waals surface area contributed by atoms with Crippen molar-refractivity contribution in [2.45, 2.75) is 18.0 Å². The number of carboxylic acid groups (broad SMARTS) is 1. The second-order valence-corrected chi connectivity index (χ2v) is 4.00. The molecule has 9 heteroatoms. The molecule has 0 aromatic heterocycles. The number of carboxylic acids is 1. The van der Waals surface area contributed by atoms with Crippen LogP contribution in [0.2, 0.25) is 0 Å². The van der Waals surface area contributed by atoms with Gasteiger partial charge in [-0.3, -0.25) is 0 Å². The molecule has 1 aromatic rings. The Bertz CT molecular complexity index is 528. The largest absolute Gasteiger partial charge is 0.478 e. The van der Waals surface area contributed by atoms with E-state index in [1.54, 1.807) is 0 Å². The molecule has 3 nitrogen and oxygen atoms in total. The predicted octanol–water partition coefficient (Wildman–Crippen LogP) is 3.10. The lowest BCUT2D eigenvalue weighted by molar-refractivity contribution is -0.376. The highest BCUT2D eigenvalue weighted by molar-refractivity contribution is 5.85. The monoisotopic (exact) mass is 314 g/mol. The summed E-state index contributed by atoms with van der Waals surface area (Å²) in [6, 6.07) is 2.53. The first-order valence-corrected chi connectivity index (χ1v) is 5.27. The van der Waals surface area contributed by atoms with Gasteiger partial charge in [0.05, 0.1) is 0 Å². The topological polar surface area (TPSA) is 57.5 Å². The van der Waals surface area contributed by atoms with Gasteiger partial charge in [0, 0.05) is 11.6 Å². The number of aliphatic hydroxyl groups is 1. The number of hydrogen-bond donors (Lipinski definition) is 2. The molecule has 0 amide bonds. The molecule has 0 saturated heterocycles. The Morgan fingerprint density at radius 3 is 1.71 bits per heavy atom. The SMILES string of the molecule is O=C(O)/C=C/c1ccc(C(O)(C(F)(F)F)C(F)(F)F)cc1. The number of halogens is 6. The summed E-state index contributed by atoms with van der Waals surface area (Å²) in [6.07, 6.45) is -10.3. The number of hydrogen-bond acceptors (Lipinski definition) is 2. The Labute approximate surface area is 114 Å². The Balaban J connectivity index is 3.27. The predicted molar refractivity (Wildman–Crippen MR) is 59.1 cm³/mol. The molecule has 0 saturated carbocycles. The van der Waals surface area contributed by atoms with Crippen LogP contribution in [-0.4, -0.2) is 28.5 Å². The van der Waals surface area contributed by atoms with Crippen LogP contribution in [0, 0.1) is 0 Å². The molecule has 0 spiro atoms. The molecule has 21 heavy (non-hydrogen) atoms. The number of rotatable bonds is 3. The van der Waals surface area contributed by atoms with Crippen LogP contribution in [0.25, 0.3) is 6.08 Å². The van der Waals surface area contributed by atoms with Crippen molar-refractivity contribution >= 4 is 12.0 Å². The second-order valence-electron chi connectivity index (χ2n) is 4.00. The Kier molecular flexibility index (Phi) is 4.37. The zero-order valence-corrected chi connectivity index (χ0v) is 10.0. The van der Waals surface area contributed by atoms with E-state index in [2.05, 4.69) is 0 Å². The van der Waals surface area contributed by atoms with Gasteiger partial charge in [-0.05, 0) is 11.6 Å². The van der Waals surface area contributed by atoms with Crippen LogP contribution in [0.3, 0.4) is 0 Å². The van der Waals surface area contributed by atoms with Gasteiger partial charge in [0.15, 0.2) is 0 Å². The lowest BCUT2D eigenvalue weighted by atomic mass is 9.91. The summed E-state index contributed by atoms with van der Waals surface area (Å²) in [6.45, 7) is 0. The second kappa shape index (κ2) is 5.40. The lowest BCUT2D eigenvalue weighted by Gasteiger charge is -2.32. The van der Waals surface area contributed by atoms with E-state index in [1.807, 2.05) is 0 Å². The molecule has 0 heterocycles. The van der Waals surface area contributed by atoms with Gasteiger partial charge in [-0.1, -0.05) is 24.3 Å². The van der Waals surface area contributed by atoms with Crippen LogP contribution in [0.15, 0.2) is 30.3 Å². The van der Waals surface area contributed by atoms with E-state index in [9.17, 15) is 31.1 Å². The fourth-order valence-corrected chi connectivity index (χ4v) is 1.49. The van der Waals surface area contributed by atoms with Gasteiger partial charge < -0.3 is 10.2 Å². The van der Waals surface area contributed by atoms with Gasteiger partial charge in [0.2, 0.25) is 0 Å². The minimum atomic E-state index is -5.95. The van der Waals surface area contributed by atoms with Gasteiger partial charge in [0.25, 0.3) is 5.60 Å². The van der Waals surface area contributed by atoms with Crippen LogP contribution < -0.4 is 0 Å². The first-order chi connectivity index (χ1) is 9.39. The van der Waals surface area contributed by atoms with Gasteiger partial charge in [-0.25, -0.2) is 4.79 Å². The van der Waals surface area contributed by atoms with E-state index in [-0.39, 0.29) is 5.56 Å². The van der Waals surface area contributed by atoms with E-state index < -0.39 is 29.5 Å². The van der Waals surface area contributed by atoms with Crippen LogP contribution >= 0.6 is 0 Å². The molecule has 0 atom stereocenters. The zero-order valence-electron chi connectivity index (χ0n) is 10.0. The van der Waals surface area contributed by atoms with Crippen molar-refractivity contribution < 1.29 is 41.4 Å². The summed E-state index contributed by atoms with van der Waals surface area (Å²) in [4.78, 5) is 10.2. The number of benzene rings is 1. The molecular weight excluding hydrogens is 306 g/mol. The number of carbonyl (C=O) groups is 1. The maximum absolute atomic E-state index is 12.6. The highest BCUT2D eigenvalue weighted by Crippen LogP contribution is 2.49. The summed E-state index contributed by atoms with van der Waals surface area (Å²) in [5.74, 6) is -1.33. The molecule has 2 N–H and O–H groups in total. The van der Waals surface area contributed by atoms with Crippen molar-refractivity contribution in [3.05, 3.63) is 41.5 Å². The van der Waals surface area contributed by atoms with Crippen LogP contribution in [0.4, 0.5) is 26.3 Å². The van der Waals surface area contributed by atoms with E-state index in [4.69, 9.17) is 10.2 Å². The first-order valence-electron chi connectivity index (χ1n) is 5.27. The van der Waals surface area contributed by atoms with Crippen LogP contribution in [-0.2, 0) is 10.4 Å². The maximum Gasteiger partial charge on any atom is 0.430 e.